The zero-order valence-electron chi connectivity index (χ0n) is 10.4. The van der Waals surface area contributed by atoms with E-state index >= 15 is 0 Å². The van der Waals surface area contributed by atoms with Crippen LogP contribution in [0.4, 0.5) is 4.39 Å². The molecule has 0 saturated heterocycles. The highest BCUT2D eigenvalue weighted by Crippen LogP contribution is 2.03. The number of halogens is 1. The Hall–Kier alpha value is -0.980. The Morgan fingerprint density at radius 3 is 2.72 bits per heavy atom. The fourth-order valence-corrected chi connectivity index (χ4v) is 2.64. The van der Waals surface area contributed by atoms with Gasteiger partial charge in [-0.15, -0.1) is 0 Å². The van der Waals surface area contributed by atoms with Gasteiger partial charge in [-0.05, 0) is 44.1 Å². The van der Waals surface area contributed by atoms with E-state index in [9.17, 15) is 12.8 Å². The van der Waals surface area contributed by atoms with Crippen molar-refractivity contribution in [3.63, 3.8) is 0 Å². The first-order valence-electron chi connectivity index (χ1n) is 5.90. The molecular formula is C12H19FN2O2S. The first kappa shape index (κ1) is 15.1. The Morgan fingerprint density at radius 1 is 1.28 bits per heavy atom. The Balaban J connectivity index is 2.32. The maximum Gasteiger partial charge on any atom is 0.211 e. The topological polar surface area (TPSA) is 58.2 Å². The van der Waals surface area contributed by atoms with Crippen molar-refractivity contribution in [2.24, 2.45) is 0 Å². The van der Waals surface area contributed by atoms with Crippen LogP contribution >= 0.6 is 0 Å². The number of sulfonamides is 1. The lowest BCUT2D eigenvalue weighted by Gasteiger charge is -2.06. The maximum atomic E-state index is 12.9. The minimum absolute atomic E-state index is 0.108. The number of hydrogen-bond acceptors (Lipinski definition) is 3. The summed E-state index contributed by atoms with van der Waals surface area (Å²) in [6.45, 7) is 0.968. The summed E-state index contributed by atoms with van der Waals surface area (Å²) < 4.78 is 38.5. The van der Waals surface area contributed by atoms with E-state index < -0.39 is 10.0 Å². The Labute approximate surface area is 108 Å². The summed E-state index contributed by atoms with van der Waals surface area (Å²) in [5.41, 5.74) is 0.785. The molecule has 1 aromatic carbocycles. The van der Waals surface area contributed by atoms with Crippen LogP contribution in [-0.4, -0.2) is 34.3 Å². The second-order valence-electron chi connectivity index (χ2n) is 4.05. The summed E-state index contributed by atoms with van der Waals surface area (Å²) in [4.78, 5) is 0. The smallest absolute Gasteiger partial charge is 0.211 e. The van der Waals surface area contributed by atoms with Gasteiger partial charge in [0.1, 0.15) is 5.82 Å². The van der Waals surface area contributed by atoms with Gasteiger partial charge < -0.3 is 5.32 Å². The minimum atomic E-state index is -3.22. The molecule has 0 amide bonds. The zero-order chi connectivity index (χ0) is 13.4. The second-order valence-corrected chi connectivity index (χ2v) is 5.98. The summed E-state index contributed by atoms with van der Waals surface area (Å²) in [5, 5.41) is 2.89. The monoisotopic (exact) mass is 274 g/mol. The van der Waals surface area contributed by atoms with E-state index in [0.29, 0.717) is 25.9 Å². The van der Waals surface area contributed by atoms with Gasteiger partial charge in [-0.3, -0.25) is 0 Å². The van der Waals surface area contributed by atoms with Crippen LogP contribution in [0.2, 0.25) is 0 Å². The van der Waals surface area contributed by atoms with E-state index in [1.165, 1.54) is 12.1 Å². The number of benzene rings is 1. The van der Waals surface area contributed by atoms with Gasteiger partial charge in [0.05, 0.1) is 5.75 Å². The molecule has 4 nitrogen and oxygen atoms in total. The average Bonchev–Trinajstić information content (AvgIpc) is 2.29. The third-order valence-corrected chi connectivity index (χ3v) is 3.93. The van der Waals surface area contributed by atoms with Gasteiger partial charge in [0.25, 0.3) is 0 Å². The van der Waals surface area contributed by atoms with Crippen LogP contribution in [0.25, 0.3) is 0 Å². The van der Waals surface area contributed by atoms with Crippen molar-refractivity contribution < 1.29 is 12.8 Å². The van der Waals surface area contributed by atoms with Crippen molar-refractivity contribution in [1.29, 1.82) is 0 Å². The maximum absolute atomic E-state index is 12.9. The fraction of sp³-hybridized carbons (Fsp3) is 0.500. The molecule has 0 heterocycles. The van der Waals surface area contributed by atoms with E-state index in [2.05, 4.69) is 10.0 Å². The van der Waals surface area contributed by atoms with Gasteiger partial charge in [0, 0.05) is 6.54 Å². The van der Waals surface area contributed by atoms with Crippen LogP contribution < -0.4 is 10.0 Å². The van der Waals surface area contributed by atoms with Crippen molar-refractivity contribution in [2.75, 3.05) is 25.9 Å². The van der Waals surface area contributed by atoms with Crippen LogP contribution in [0.15, 0.2) is 24.3 Å². The van der Waals surface area contributed by atoms with Crippen molar-refractivity contribution in [3.8, 4) is 0 Å². The average molecular weight is 274 g/mol. The molecule has 0 unspecified atom stereocenters. The predicted octanol–water partition coefficient (Wildman–Crippen LogP) is 0.897. The standard InChI is InChI=1S/C12H19FN2O2S/c1-14-7-3-9-18(16,17)15-8-6-11-4-2-5-12(13)10-11/h2,4-5,10,14-15H,3,6-9H2,1H3. The molecule has 0 aliphatic carbocycles. The molecule has 6 heteroatoms. The molecule has 2 N–H and O–H groups in total. The zero-order valence-corrected chi connectivity index (χ0v) is 11.3. The molecule has 0 saturated carbocycles. The van der Waals surface area contributed by atoms with Crippen molar-refractivity contribution >= 4 is 10.0 Å². The van der Waals surface area contributed by atoms with Crippen molar-refractivity contribution in [3.05, 3.63) is 35.6 Å². The Bertz CT molecular complexity index is 463. The normalized spacial score (nSPS) is 11.7. The first-order valence-corrected chi connectivity index (χ1v) is 7.55. The first-order chi connectivity index (χ1) is 8.53. The highest BCUT2D eigenvalue weighted by molar-refractivity contribution is 7.89. The second kappa shape index (κ2) is 7.45. The summed E-state index contributed by atoms with van der Waals surface area (Å²) in [5.74, 6) is -0.193. The molecule has 18 heavy (non-hydrogen) atoms. The third kappa shape index (κ3) is 6.09. The molecular weight excluding hydrogens is 255 g/mol. The summed E-state index contributed by atoms with van der Waals surface area (Å²) >= 11 is 0. The molecule has 0 atom stereocenters. The molecule has 0 radical (unpaired) electrons. The van der Waals surface area contributed by atoms with E-state index in [-0.39, 0.29) is 11.6 Å². The molecule has 0 bridgehead atoms. The van der Waals surface area contributed by atoms with Crippen LogP contribution in [0.1, 0.15) is 12.0 Å². The molecule has 0 spiro atoms. The lowest BCUT2D eigenvalue weighted by atomic mass is 10.1. The number of rotatable bonds is 8. The van der Waals surface area contributed by atoms with E-state index in [1.54, 1.807) is 19.2 Å². The molecule has 0 aliphatic rings. The summed E-state index contributed by atoms with van der Waals surface area (Å²) in [6.07, 6.45) is 1.06. The predicted molar refractivity (Wildman–Crippen MR) is 70.4 cm³/mol. The van der Waals surface area contributed by atoms with Gasteiger partial charge >= 0.3 is 0 Å². The van der Waals surface area contributed by atoms with E-state index in [4.69, 9.17) is 0 Å². The van der Waals surface area contributed by atoms with E-state index in [1.807, 2.05) is 0 Å². The minimum Gasteiger partial charge on any atom is -0.320 e. The molecule has 102 valence electrons. The SMILES string of the molecule is CNCCCS(=O)(=O)NCCc1cccc(F)c1. The number of hydrogen-bond donors (Lipinski definition) is 2. The highest BCUT2D eigenvalue weighted by Gasteiger charge is 2.08. The third-order valence-electron chi connectivity index (χ3n) is 2.46. The van der Waals surface area contributed by atoms with Crippen molar-refractivity contribution in [2.45, 2.75) is 12.8 Å². The Kier molecular flexibility index (Phi) is 6.24. The van der Waals surface area contributed by atoms with Gasteiger partial charge in [0.2, 0.25) is 10.0 Å². The van der Waals surface area contributed by atoms with Gasteiger partial charge in [-0.1, -0.05) is 12.1 Å². The van der Waals surface area contributed by atoms with E-state index in [0.717, 1.165) is 5.56 Å². The fourth-order valence-electron chi connectivity index (χ4n) is 1.55. The molecule has 1 aromatic rings. The molecule has 1 rings (SSSR count). The lowest BCUT2D eigenvalue weighted by molar-refractivity contribution is 0.577. The van der Waals surface area contributed by atoms with Crippen molar-refractivity contribution in [1.82, 2.24) is 10.0 Å². The van der Waals surface area contributed by atoms with Crippen LogP contribution in [-0.2, 0) is 16.4 Å². The van der Waals surface area contributed by atoms with Crippen LogP contribution in [0.3, 0.4) is 0 Å². The molecule has 0 aromatic heterocycles. The summed E-state index contributed by atoms with van der Waals surface area (Å²) in [6, 6.07) is 6.17. The van der Waals surface area contributed by atoms with Gasteiger partial charge in [-0.25, -0.2) is 17.5 Å². The van der Waals surface area contributed by atoms with Gasteiger partial charge in [-0.2, -0.15) is 0 Å². The van der Waals surface area contributed by atoms with Crippen LogP contribution in [0.5, 0.6) is 0 Å². The van der Waals surface area contributed by atoms with Crippen LogP contribution in [0, 0.1) is 5.82 Å². The summed E-state index contributed by atoms with van der Waals surface area (Å²) in [7, 11) is -1.44. The molecule has 0 fully saturated rings. The van der Waals surface area contributed by atoms with Gasteiger partial charge in [0.15, 0.2) is 0 Å². The highest BCUT2D eigenvalue weighted by atomic mass is 32.2. The lowest BCUT2D eigenvalue weighted by Crippen LogP contribution is -2.29. The largest absolute Gasteiger partial charge is 0.320 e. The molecule has 0 aliphatic heterocycles. The number of nitrogens with one attached hydrogen (secondary N) is 2. The Morgan fingerprint density at radius 2 is 2.06 bits per heavy atom. The quantitative estimate of drug-likeness (QED) is 0.692.